The average molecular weight is 256 g/mol. The van der Waals surface area contributed by atoms with E-state index in [0.29, 0.717) is 17.4 Å². The number of hydrogen-bond donors (Lipinski definition) is 1. The smallest absolute Gasteiger partial charge is 0.490 e. The molecular formula is C14H14N3O2+. The summed E-state index contributed by atoms with van der Waals surface area (Å²) in [5.41, 5.74) is 0.832. The Hall–Kier alpha value is -2.61. The van der Waals surface area contributed by atoms with Gasteiger partial charge in [-0.1, -0.05) is 23.8 Å². The summed E-state index contributed by atoms with van der Waals surface area (Å²) in [6.45, 7) is 4.24. The van der Waals surface area contributed by atoms with Crippen molar-refractivity contribution in [2.24, 2.45) is 0 Å². The van der Waals surface area contributed by atoms with E-state index >= 15 is 0 Å². The number of rotatable bonds is 2. The van der Waals surface area contributed by atoms with E-state index in [4.69, 9.17) is 5.39 Å². The van der Waals surface area contributed by atoms with Crippen LogP contribution in [0.5, 0.6) is 5.75 Å². The van der Waals surface area contributed by atoms with Crippen molar-refractivity contribution in [3.63, 3.8) is 0 Å². The van der Waals surface area contributed by atoms with Crippen LogP contribution in [0.1, 0.15) is 13.8 Å². The van der Waals surface area contributed by atoms with Crippen LogP contribution in [-0.2, 0) is 6.54 Å². The van der Waals surface area contributed by atoms with E-state index < -0.39 is 5.56 Å². The van der Waals surface area contributed by atoms with Crippen molar-refractivity contribution >= 4 is 16.6 Å². The van der Waals surface area contributed by atoms with Crippen molar-refractivity contribution in [1.82, 2.24) is 4.57 Å². The number of benzene rings is 1. The predicted octanol–water partition coefficient (Wildman–Crippen LogP) is 3.16. The molecule has 2 aromatic rings. The molecule has 0 bridgehead atoms. The molecule has 0 aliphatic carbocycles. The van der Waals surface area contributed by atoms with Gasteiger partial charge < -0.3 is 5.11 Å². The second-order valence-electron chi connectivity index (χ2n) is 4.51. The lowest BCUT2D eigenvalue weighted by molar-refractivity contribution is 0.482. The zero-order valence-corrected chi connectivity index (χ0v) is 10.8. The summed E-state index contributed by atoms with van der Waals surface area (Å²) in [5, 5.41) is 19.3. The van der Waals surface area contributed by atoms with E-state index in [0.717, 1.165) is 5.57 Å². The van der Waals surface area contributed by atoms with Crippen LogP contribution >= 0.6 is 0 Å². The molecule has 1 heterocycles. The van der Waals surface area contributed by atoms with Crippen LogP contribution < -0.4 is 5.56 Å². The first kappa shape index (κ1) is 12.8. The van der Waals surface area contributed by atoms with Crippen molar-refractivity contribution in [3.8, 4) is 5.75 Å². The number of allylic oxidation sites excluding steroid dienone is 2. The van der Waals surface area contributed by atoms with Gasteiger partial charge in [0.05, 0.1) is 5.52 Å². The largest absolute Gasteiger partial charge is 0.501 e. The van der Waals surface area contributed by atoms with E-state index in [1.54, 1.807) is 24.3 Å². The topological polar surface area (TPSA) is 70.4 Å². The number of hydrogen-bond acceptors (Lipinski definition) is 3. The number of aromatic hydroxyl groups is 1. The Labute approximate surface area is 110 Å². The minimum Gasteiger partial charge on any atom is -0.501 e. The molecule has 5 nitrogen and oxygen atoms in total. The maximum absolute atomic E-state index is 12.2. The monoisotopic (exact) mass is 256 g/mol. The molecule has 0 aliphatic heterocycles. The highest BCUT2D eigenvalue weighted by Crippen LogP contribution is 2.31. The number of diazo groups is 1. The number of fused-ring (bicyclic) bond motifs is 1. The van der Waals surface area contributed by atoms with Gasteiger partial charge in [-0.15, -0.1) is 0 Å². The molecule has 0 atom stereocenters. The number of para-hydroxylation sites is 1. The van der Waals surface area contributed by atoms with Crippen LogP contribution in [0.25, 0.3) is 15.9 Å². The van der Waals surface area contributed by atoms with E-state index in [-0.39, 0.29) is 11.4 Å². The first-order chi connectivity index (χ1) is 9.06. The molecule has 19 heavy (non-hydrogen) atoms. The fourth-order valence-corrected chi connectivity index (χ4v) is 1.92. The minimum absolute atomic E-state index is 0.295. The predicted molar refractivity (Wildman–Crippen MR) is 74.0 cm³/mol. The third kappa shape index (κ3) is 2.20. The summed E-state index contributed by atoms with van der Waals surface area (Å²) in [5.74, 6) is -0.295. The molecule has 1 aromatic heterocycles. The molecule has 0 aliphatic rings. The third-order valence-corrected chi connectivity index (χ3v) is 2.90. The van der Waals surface area contributed by atoms with Gasteiger partial charge in [-0.2, -0.15) is 0 Å². The Kier molecular flexibility index (Phi) is 3.34. The molecule has 1 aromatic carbocycles. The minimum atomic E-state index is -0.517. The van der Waals surface area contributed by atoms with Gasteiger partial charge >= 0.3 is 11.2 Å². The fraction of sp³-hybridized carbons (Fsp3) is 0.214. The molecule has 2 rings (SSSR count). The summed E-state index contributed by atoms with van der Waals surface area (Å²) in [4.78, 5) is 15.1. The lowest BCUT2D eigenvalue weighted by Crippen LogP contribution is -2.19. The molecule has 5 heteroatoms. The first-order valence-electron chi connectivity index (χ1n) is 5.89. The van der Waals surface area contributed by atoms with Gasteiger partial charge in [0.1, 0.15) is 0 Å². The Morgan fingerprint density at radius 2 is 2.11 bits per heavy atom. The molecule has 0 fully saturated rings. The maximum atomic E-state index is 12.2. The first-order valence-corrected chi connectivity index (χ1v) is 5.89. The van der Waals surface area contributed by atoms with Gasteiger partial charge in [-0.25, -0.2) is 0 Å². The van der Waals surface area contributed by atoms with E-state index in [1.165, 1.54) is 4.57 Å². The number of aromatic nitrogens is 1. The molecule has 0 saturated heterocycles. The van der Waals surface area contributed by atoms with Crippen LogP contribution in [0.15, 0.2) is 40.7 Å². The Bertz CT molecular complexity index is 763. The quantitative estimate of drug-likeness (QED) is 0.662. The molecule has 1 N–H and O–H groups in total. The molecule has 0 saturated carbocycles. The average Bonchev–Trinajstić information content (AvgIpc) is 2.39. The maximum Gasteiger partial charge on any atom is 0.490 e. The van der Waals surface area contributed by atoms with Crippen LogP contribution in [0.2, 0.25) is 0 Å². The molecular weight excluding hydrogens is 242 g/mol. The highest BCUT2D eigenvalue weighted by atomic mass is 16.3. The molecule has 96 valence electrons. The van der Waals surface area contributed by atoms with Crippen molar-refractivity contribution in [3.05, 3.63) is 51.2 Å². The van der Waals surface area contributed by atoms with Gasteiger partial charge in [0.25, 0.3) is 0 Å². The normalized spacial score (nSPS) is 10.2. The van der Waals surface area contributed by atoms with E-state index in [9.17, 15) is 9.90 Å². The standard InChI is InChI=1S/C14H13N3O2/c1-9(2)7-8-17-11-6-4-3-5-10(11)13(18)12(16-15)14(17)19/h3-7H,8H2,1-2H3/p+1. The van der Waals surface area contributed by atoms with Gasteiger partial charge in [0.2, 0.25) is 11.1 Å². The highest BCUT2D eigenvalue weighted by molar-refractivity contribution is 5.90. The van der Waals surface area contributed by atoms with Crippen LogP contribution in [0, 0.1) is 5.39 Å². The van der Waals surface area contributed by atoms with E-state index in [1.807, 2.05) is 19.9 Å². The van der Waals surface area contributed by atoms with Crippen molar-refractivity contribution in [1.29, 1.82) is 5.39 Å². The second kappa shape index (κ2) is 4.94. The third-order valence-electron chi connectivity index (χ3n) is 2.90. The Morgan fingerprint density at radius 3 is 2.74 bits per heavy atom. The zero-order chi connectivity index (χ0) is 14.0. The fourth-order valence-electron chi connectivity index (χ4n) is 1.92. The summed E-state index contributed by atoms with van der Waals surface area (Å²) in [6.07, 6.45) is 1.89. The summed E-state index contributed by atoms with van der Waals surface area (Å²) < 4.78 is 1.47. The molecule has 0 radical (unpaired) electrons. The van der Waals surface area contributed by atoms with Crippen molar-refractivity contribution < 1.29 is 5.11 Å². The zero-order valence-electron chi connectivity index (χ0n) is 10.8. The van der Waals surface area contributed by atoms with Gasteiger partial charge in [0.15, 0.2) is 4.98 Å². The highest BCUT2D eigenvalue weighted by Gasteiger charge is 2.25. The summed E-state index contributed by atoms with van der Waals surface area (Å²) in [7, 11) is 0. The molecule has 0 amide bonds. The van der Waals surface area contributed by atoms with Gasteiger partial charge in [0, 0.05) is 11.9 Å². The molecule has 0 spiro atoms. The van der Waals surface area contributed by atoms with E-state index in [2.05, 4.69) is 4.98 Å². The molecule has 0 unspecified atom stereocenters. The van der Waals surface area contributed by atoms with Crippen molar-refractivity contribution in [2.45, 2.75) is 20.4 Å². The Balaban J connectivity index is 2.85. The second-order valence-corrected chi connectivity index (χ2v) is 4.51. The number of nitrogens with zero attached hydrogens (tertiary/aromatic N) is 3. The summed E-state index contributed by atoms with van der Waals surface area (Å²) in [6, 6.07) is 6.96. The van der Waals surface area contributed by atoms with Crippen LogP contribution in [-0.4, -0.2) is 9.67 Å². The number of pyridine rings is 1. The van der Waals surface area contributed by atoms with Gasteiger partial charge in [-0.3, -0.25) is 9.36 Å². The summed E-state index contributed by atoms with van der Waals surface area (Å²) >= 11 is 0. The lowest BCUT2D eigenvalue weighted by atomic mass is 10.1. The lowest BCUT2D eigenvalue weighted by Gasteiger charge is -2.07. The van der Waals surface area contributed by atoms with Crippen molar-refractivity contribution in [2.75, 3.05) is 0 Å². The van der Waals surface area contributed by atoms with Crippen LogP contribution in [0.4, 0.5) is 5.69 Å². The SMILES string of the molecule is CC(C)=CCn1c(=O)c([N+]#N)c(O)c2ccccc21. The van der Waals surface area contributed by atoms with Gasteiger partial charge in [-0.05, 0) is 26.0 Å². The Morgan fingerprint density at radius 1 is 1.42 bits per heavy atom. The van der Waals surface area contributed by atoms with Crippen LogP contribution in [0.3, 0.4) is 0 Å².